The van der Waals surface area contributed by atoms with Crippen molar-refractivity contribution in [2.75, 3.05) is 19.4 Å². The minimum atomic E-state index is 0.0928. The van der Waals surface area contributed by atoms with Gasteiger partial charge in [-0.2, -0.15) is 0 Å². The zero-order valence-electron chi connectivity index (χ0n) is 10.9. The Labute approximate surface area is 108 Å². The fourth-order valence-electron chi connectivity index (χ4n) is 2.40. The molecule has 1 aromatic carbocycles. The summed E-state index contributed by atoms with van der Waals surface area (Å²) in [7, 11) is 1.84. The third kappa shape index (κ3) is 2.64. The van der Waals surface area contributed by atoms with Gasteiger partial charge in [-0.3, -0.25) is 4.79 Å². The molecule has 1 heterocycles. The van der Waals surface area contributed by atoms with Crippen LogP contribution in [-0.2, 0) is 16.0 Å². The second-order valence-electron chi connectivity index (χ2n) is 4.81. The van der Waals surface area contributed by atoms with Crippen LogP contribution in [0.4, 0.5) is 5.69 Å². The van der Waals surface area contributed by atoms with E-state index in [0.717, 1.165) is 18.6 Å². The summed E-state index contributed by atoms with van der Waals surface area (Å²) in [4.78, 5) is 14.0. The molecular weight excluding hydrogens is 228 g/mol. The highest BCUT2D eigenvalue weighted by Gasteiger charge is 2.30. The van der Waals surface area contributed by atoms with Crippen LogP contribution in [0, 0.1) is 0 Å². The summed E-state index contributed by atoms with van der Waals surface area (Å²) in [6.07, 6.45) is 1.38. The molecule has 0 spiro atoms. The van der Waals surface area contributed by atoms with Crippen molar-refractivity contribution in [1.29, 1.82) is 0 Å². The molecule has 0 aliphatic carbocycles. The molecule has 4 nitrogen and oxygen atoms in total. The molecule has 1 amide bonds. The number of nitrogen functional groups attached to an aromatic ring is 1. The van der Waals surface area contributed by atoms with Gasteiger partial charge in [-0.15, -0.1) is 0 Å². The minimum absolute atomic E-state index is 0.0928. The van der Waals surface area contributed by atoms with E-state index in [-0.39, 0.29) is 18.1 Å². The third-order valence-electron chi connectivity index (χ3n) is 3.62. The lowest BCUT2D eigenvalue weighted by molar-refractivity contribution is -0.132. The van der Waals surface area contributed by atoms with Crippen molar-refractivity contribution in [2.24, 2.45) is 0 Å². The first-order chi connectivity index (χ1) is 8.59. The highest BCUT2D eigenvalue weighted by molar-refractivity contribution is 5.80. The molecule has 2 atom stereocenters. The summed E-state index contributed by atoms with van der Waals surface area (Å²) in [5.41, 5.74) is 7.42. The molecule has 1 aliphatic heterocycles. The molecule has 1 fully saturated rings. The normalized spacial score (nSPS) is 23.0. The quantitative estimate of drug-likeness (QED) is 0.824. The van der Waals surface area contributed by atoms with Gasteiger partial charge < -0.3 is 15.4 Å². The second-order valence-corrected chi connectivity index (χ2v) is 4.81. The molecule has 0 aromatic heterocycles. The molecule has 0 radical (unpaired) electrons. The van der Waals surface area contributed by atoms with E-state index in [0.29, 0.717) is 12.1 Å². The molecular formula is C14H20N2O2. The largest absolute Gasteiger partial charge is 0.398 e. The van der Waals surface area contributed by atoms with Crippen LogP contribution in [0.5, 0.6) is 0 Å². The van der Waals surface area contributed by atoms with Gasteiger partial charge in [-0.05, 0) is 25.0 Å². The number of hydrogen-bond acceptors (Lipinski definition) is 3. The Morgan fingerprint density at radius 1 is 1.50 bits per heavy atom. The van der Waals surface area contributed by atoms with Gasteiger partial charge in [0.2, 0.25) is 5.91 Å². The Kier molecular flexibility index (Phi) is 3.87. The highest BCUT2D eigenvalue weighted by Crippen LogP contribution is 2.20. The van der Waals surface area contributed by atoms with Crippen LogP contribution in [0.2, 0.25) is 0 Å². The Hall–Kier alpha value is -1.55. The zero-order valence-corrected chi connectivity index (χ0v) is 10.9. The lowest BCUT2D eigenvalue weighted by Gasteiger charge is -2.27. The Balaban J connectivity index is 2.02. The van der Waals surface area contributed by atoms with Crippen molar-refractivity contribution in [3.63, 3.8) is 0 Å². The molecule has 4 heteroatoms. The van der Waals surface area contributed by atoms with Crippen molar-refractivity contribution >= 4 is 11.6 Å². The molecule has 1 saturated heterocycles. The molecule has 1 aliphatic rings. The fraction of sp³-hybridized carbons (Fsp3) is 0.500. The Morgan fingerprint density at radius 3 is 2.83 bits per heavy atom. The van der Waals surface area contributed by atoms with Gasteiger partial charge in [0.05, 0.1) is 18.6 Å². The van der Waals surface area contributed by atoms with Gasteiger partial charge in [0.15, 0.2) is 0 Å². The van der Waals surface area contributed by atoms with Gasteiger partial charge in [-0.1, -0.05) is 18.2 Å². The summed E-state index contributed by atoms with van der Waals surface area (Å²) >= 11 is 0. The van der Waals surface area contributed by atoms with Gasteiger partial charge in [-0.25, -0.2) is 0 Å². The van der Waals surface area contributed by atoms with E-state index in [1.54, 1.807) is 4.90 Å². The molecule has 18 heavy (non-hydrogen) atoms. The van der Waals surface area contributed by atoms with E-state index in [4.69, 9.17) is 10.5 Å². The summed E-state index contributed by atoms with van der Waals surface area (Å²) in [5.74, 6) is 0.0928. The number of para-hydroxylation sites is 1. The molecule has 2 N–H and O–H groups in total. The van der Waals surface area contributed by atoms with Crippen molar-refractivity contribution in [3.05, 3.63) is 29.8 Å². The van der Waals surface area contributed by atoms with Gasteiger partial charge in [0.25, 0.3) is 0 Å². The van der Waals surface area contributed by atoms with Crippen molar-refractivity contribution < 1.29 is 9.53 Å². The van der Waals surface area contributed by atoms with E-state index in [1.807, 2.05) is 38.2 Å². The first-order valence-electron chi connectivity index (χ1n) is 6.30. The van der Waals surface area contributed by atoms with Crippen LogP contribution in [-0.4, -0.2) is 36.6 Å². The average molecular weight is 248 g/mol. The second kappa shape index (κ2) is 5.40. The van der Waals surface area contributed by atoms with Crippen LogP contribution < -0.4 is 5.73 Å². The van der Waals surface area contributed by atoms with Crippen molar-refractivity contribution in [1.82, 2.24) is 4.90 Å². The molecule has 2 rings (SSSR count). The van der Waals surface area contributed by atoms with Gasteiger partial charge in [0.1, 0.15) is 0 Å². The Morgan fingerprint density at radius 2 is 2.22 bits per heavy atom. The smallest absolute Gasteiger partial charge is 0.227 e. The van der Waals surface area contributed by atoms with Crippen LogP contribution in [0.1, 0.15) is 18.9 Å². The van der Waals surface area contributed by atoms with Gasteiger partial charge >= 0.3 is 0 Å². The molecule has 0 saturated carbocycles. The van der Waals surface area contributed by atoms with E-state index >= 15 is 0 Å². The van der Waals surface area contributed by atoms with E-state index < -0.39 is 0 Å². The molecule has 2 unspecified atom stereocenters. The first-order valence-corrected chi connectivity index (χ1v) is 6.30. The van der Waals surface area contributed by atoms with E-state index in [1.165, 1.54) is 0 Å². The number of ether oxygens (including phenoxy) is 1. The minimum Gasteiger partial charge on any atom is -0.398 e. The fourth-order valence-corrected chi connectivity index (χ4v) is 2.40. The standard InChI is InChI=1S/C14H20N2O2/c1-10-13(7-8-18-10)16(2)14(17)9-11-5-3-4-6-12(11)15/h3-6,10,13H,7-9,15H2,1-2H3. The molecule has 1 aromatic rings. The molecule has 0 bridgehead atoms. The van der Waals surface area contributed by atoms with E-state index in [2.05, 4.69) is 0 Å². The maximum absolute atomic E-state index is 12.2. The lowest BCUT2D eigenvalue weighted by Crippen LogP contribution is -2.41. The number of nitrogens with zero attached hydrogens (tertiary/aromatic N) is 1. The van der Waals surface area contributed by atoms with Crippen molar-refractivity contribution in [2.45, 2.75) is 31.9 Å². The number of amides is 1. The van der Waals surface area contributed by atoms with Gasteiger partial charge in [0, 0.05) is 19.3 Å². The monoisotopic (exact) mass is 248 g/mol. The maximum Gasteiger partial charge on any atom is 0.227 e. The van der Waals surface area contributed by atoms with Crippen molar-refractivity contribution in [3.8, 4) is 0 Å². The lowest BCUT2D eigenvalue weighted by atomic mass is 10.1. The topological polar surface area (TPSA) is 55.6 Å². The first kappa shape index (κ1) is 12.9. The number of carbonyl (C=O) groups excluding carboxylic acids is 1. The predicted molar refractivity (Wildman–Crippen MR) is 71.1 cm³/mol. The predicted octanol–water partition coefficient (Wildman–Crippen LogP) is 1.45. The van der Waals surface area contributed by atoms with E-state index in [9.17, 15) is 4.79 Å². The Bertz CT molecular complexity index is 434. The zero-order chi connectivity index (χ0) is 13.1. The van der Waals surface area contributed by atoms with Crippen LogP contribution in [0.25, 0.3) is 0 Å². The number of likely N-dealkylation sites (N-methyl/N-ethyl adjacent to an activating group) is 1. The summed E-state index contributed by atoms with van der Waals surface area (Å²) in [6.45, 7) is 2.75. The summed E-state index contributed by atoms with van der Waals surface area (Å²) in [6, 6.07) is 7.68. The number of rotatable bonds is 3. The number of nitrogens with two attached hydrogens (primary N) is 1. The number of anilines is 1. The maximum atomic E-state index is 12.2. The SMILES string of the molecule is CC1OCCC1N(C)C(=O)Cc1ccccc1N. The third-order valence-corrected chi connectivity index (χ3v) is 3.62. The number of benzene rings is 1. The average Bonchev–Trinajstić information content (AvgIpc) is 2.77. The molecule has 98 valence electrons. The number of carbonyl (C=O) groups is 1. The van der Waals surface area contributed by atoms with Crippen LogP contribution in [0.15, 0.2) is 24.3 Å². The summed E-state index contributed by atoms with van der Waals surface area (Å²) in [5, 5.41) is 0. The number of hydrogen-bond donors (Lipinski definition) is 1. The highest BCUT2D eigenvalue weighted by atomic mass is 16.5. The van der Waals surface area contributed by atoms with Crippen LogP contribution in [0.3, 0.4) is 0 Å². The van der Waals surface area contributed by atoms with Crippen LogP contribution >= 0.6 is 0 Å². The summed E-state index contributed by atoms with van der Waals surface area (Å²) < 4.78 is 5.49.